The molecule has 0 aliphatic heterocycles. The van der Waals surface area contributed by atoms with Gasteiger partial charge >= 0.3 is 0 Å². The van der Waals surface area contributed by atoms with Crippen molar-refractivity contribution in [2.24, 2.45) is 0 Å². The van der Waals surface area contributed by atoms with Crippen molar-refractivity contribution in [2.45, 2.75) is 0 Å². The van der Waals surface area contributed by atoms with Crippen molar-refractivity contribution >= 4 is 39.8 Å². The van der Waals surface area contributed by atoms with Crippen LogP contribution in [-0.4, -0.2) is 11.3 Å². The minimum absolute atomic E-state index is 0.769. The molecular weight excluding hydrogens is 240 g/mol. The van der Waals surface area contributed by atoms with Crippen LogP contribution >= 0.6 is 15.9 Å². The Hall–Kier alpha value is -0.680. The maximum atomic E-state index is 7.83. The molecule has 0 fully saturated rings. The summed E-state index contributed by atoms with van der Waals surface area (Å²) in [6.45, 7) is 0. The Morgan fingerprint density at radius 1 is 1.50 bits per heavy atom. The molecule has 0 saturated heterocycles. The molecule has 0 aliphatic rings. The van der Waals surface area contributed by atoms with Crippen LogP contribution in [0.3, 0.4) is 0 Å². The van der Waals surface area contributed by atoms with Gasteiger partial charge in [-0.1, -0.05) is 15.9 Å². The van der Waals surface area contributed by atoms with Crippen molar-refractivity contribution in [3.05, 3.63) is 22.7 Å². The van der Waals surface area contributed by atoms with Crippen LogP contribution in [0.1, 0.15) is 0 Å². The molecule has 0 aromatic heterocycles. The number of benzene rings is 1. The van der Waals surface area contributed by atoms with Crippen LogP contribution in [0.2, 0.25) is 0 Å². The molecule has 3 nitrogen and oxygen atoms in total. The van der Waals surface area contributed by atoms with Gasteiger partial charge in [0.15, 0.2) is 12.5 Å². The van der Waals surface area contributed by atoms with Crippen LogP contribution in [0.4, 0.5) is 11.4 Å². The minimum Gasteiger partial charge on any atom is -0.397 e. The summed E-state index contributed by atoms with van der Waals surface area (Å²) in [6, 6.07) is 5.71. The number of hydrogen-bond acceptors (Lipinski definition) is 4. The van der Waals surface area contributed by atoms with E-state index in [2.05, 4.69) is 33.8 Å². The fourth-order valence-corrected chi connectivity index (χ4v) is 1.11. The summed E-state index contributed by atoms with van der Waals surface area (Å²) < 4.78 is 8.87. The van der Waals surface area contributed by atoms with Gasteiger partial charge in [-0.3, -0.25) is 0 Å². The maximum Gasteiger partial charge on any atom is 0.197 e. The molecule has 5 heteroatoms. The van der Waals surface area contributed by atoms with Crippen molar-refractivity contribution in [2.75, 3.05) is 18.1 Å². The molecule has 12 heavy (non-hydrogen) atoms. The zero-order valence-electron chi connectivity index (χ0n) is 6.50. The summed E-state index contributed by atoms with van der Waals surface area (Å²) >= 11 is 6.17. The number of nitrogen functional groups attached to an aromatic ring is 1. The first-order chi connectivity index (χ1) is 5.74. The van der Waals surface area contributed by atoms with Crippen molar-refractivity contribution in [3.63, 3.8) is 0 Å². The van der Waals surface area contributed by atoms with Gasteiger partial charge in [0.1, 0.15) is 0 Å². The second-order valence-corrected chi connectivity index (χ2v) is 2.90. The summed E-state index contributed by atoms with van der Waals surface area (Å²) in [5, 5.41) is 2.98. The van der Waals surface area contributed by atoms with Gasteiger partial charge in [-0.15, -0.1) is 0 Å². The molecule has 0 atom stereocenters. The molecule has 0 spiro atoms. The molecule has 0 aliphatic carbocycles. The standard InChI is InChI=1S/C7H9BrN2.OS/c1-10-7-4-5(8)2-3-6(7)9;1-2/h2-4,10H,9H2,1H3;. The number of anilines is 2. The predicted molar refractivity (Wildman–Crippen MR) is 56.2 cm³/mol. The summed E-state index contributed by atoms with van der Waals surface area (Å²) in [7, 11) is 1.85. The van der Waals surface area contributed by atoms with E-state index in [1.54, 1.807) is 0 Å². The van der Waals surface area contributed by atoms with Crippen molar-refractivity contribution in [3.8, 4) is 0 Å². The smallest absolute Gasteiger partial charge is 0.197 e. The Morgan fingerprint density at radius 3 is 2.50 bits per heavy atom. The fraction of sp³-hybridized carbons (Fsp3) is 0.143. The Balaban J connectivity index is 0.000000561. The maximum absolute atomic E-state index is 7.83. The third-order valence-corrected chi connectivity index (χ3v) is 1.78. The number of hydrogen-bond donors (Lipinski definition) is 2. The zero-order valence-corrected chi connectivity index (χ0v) is 8.91. The van der Waals surface area contributed by atoms with Gasteiger partial charge in [-0.05, 0) is 18.2 Å². The number of rotatable bonds is 1. The first kappa shape index (κ1) is 11.3. The summed E-state index contributed by atoms with van der Waals surface area (Å²) in [5.74, 6) is 0. The molecule has 3 N–H and O–H groups in total. The van der Waals surface area contributed by atoms with Crippen LogP contribution in [0.15, 0.2) is 22.7 Å². The molecule has 0 radical (unpaired) electrons. The predicted octanol–water partition coefficient (Wildman–Crippen LogP) is 1.74. The van der Waals surface area contributed by atoms with E-state index in [9.17, 15) is 0 Å². The molecule has 0 heterocycles. The second-order valence-electron chi connectivity index (χ2n) is 1.98. The van der Waals surface area contributed by atoms with Crippen molar-refractivity contribution in [1.82, 2.24) is 0 Å². The molecule has 0 saturated carbocycles. The Bertz CT molecular complexity index is 257. The van der Waals surface area contributed by atoms with Gasteiger partial charge in [0.05, 0.1) is 11.4 Å². The van der Waals surface area contributed by atoms with Gasteiger partial charge in [-0.2, -0.15) is 4.21 Å². The molecule has 0 bridgehead atoms. The van der Waals surface area contributed by atoms with Gasteiger partial charge in [-0.25, -0.2) is 0 Å². The highest BCUT2D eigenvalue weighted by atomic mass is 79.9. The normalized spacial score (nSPS) is 8.17. The van der Waals surface area contributed by atoms with E-state index in [-0.39, 0.29) is 0 Å². The molecule has 0 amide bonds. The first-order valence-corrected chi connectivity index (χ1v) is 4.26. The first-order valence-electron chi connectivity index (χ1n) is 3.13. The van der Waals surface area contributed by atoms with Crippen LogP contribution in [-0.2, 0) is 12.5 Å². The minimum atomic E-state index is 0.769. The summed E-state index contributed by atoms with van der Waals surface area (Å²) in [4.78, 5) is 0. The van der Waals surface area contributed by atoms with Gasteiger partial charge in [0, 0.05) is 11.5 Å². The van der Waals surface area contributed by atoms with E-state index in [4.69, 9.17) is 9.94 Å². The highest BCUT2D eigenvalue weighted by Gasteiger charge is 1.94. The molecule has 1 aromatic rings. The number of nitrogens with two attached hydrogens (primary N) is 1. The number of nitrogens with one attached hydrogen (secondary N) is 1. The van der Waals surface area contributed by atoms with Crippen LogP contribution < -0.4 is 11.1 Å². The summed E-state index contributed by atoms with van der Waals surface area (Å²) in [5.41, 5.74) is 7.34. The topological polar surface area (TPSA) is 55.1 Å². The SMILES string of the molecule is CNc1cc(Br)ccc1N.O=S. The Labute approximate surface area is 85.0 Å². The summed E-state index contributed by atoms with van der Waals surface area (Å²) in [6.07, 6.45) is 0. The van der Waals surface area contributed by atoms with Crippen LogP contribution in [0.25, 0.3) is 0 Å². The lowest BCUT2D eigenvalue weighted by Crippen LogP contribution is -1.94. The van der Waals surface area contributed by atoms with E-state index in [0.29, 0.717) is 0 Å². The third-order valence-electron chi connectivity index (χ3n) is 1.28. The third kappa shape index (κ3) is 3.15. The monoisotopic (exact) mass is 248 g/mol. The van der Waals surface area contributed by atoms with Gasteiger partial charge in [0.25, 0.3) is 0 Å². The molecule has 1 aromatic carbocycles. The average molecular weight is 249 g/mol. The van der Waals surface area contributed by atoms with E-state index < -0.39 is 0 Å². The van der Waals surface area contributed by atoms with Crippen molar-refractivity contribution in [1.29, 1.82) is 0 Å². The van der Waals surface area contributed by atoms with E-state index in [1.165, 1.54) is 0 Å². The van der Waals surface area contributed by atoms with Gasteiger partial charge < -0.3 is 11.1 Å². The van der Waals surface area contributed by atoms with Crippen LogP contribution in [0, 0.1) is 0 Å². The average Bonchev–Trinajstić information content (AvgIpc) is 2.13. The Kier molecular flexibility index (Phi) is 5.57. The Morgan fingerprint density at radius 2 is 2.08 bits per heavy atom. The van der Waals surface area contributed by atoms with E-state index in [0.717, 1.165) is 15.8 Å². The number of halogens is 1. The van der Waals surface area contributed by atoms with Crippen molar-refractivity contribution < 1.29 is 4.21 Å². The largest absolute Gasteiger partial charge is 0.397 e. The van der Waals surface area contributed by atoms with Gasteiger partial charge in [0.2, 0.25) is 0 Å². The fourth-order valence-electron chi connectivity index (χ4n) is 0.745. The highest BCUT2D eigenvalue weighted by molar-refractivity contribution is 9.10. The lowest BCUT2D eigenvalue weighted by Gasteiger charge is -2.03. The molecular formula is C7H9BrN2OS. The molecule has 0 unspecified atom stereocenters. The van der Waals surface area contributed by atoms with E-state index >= 15 is 0 Å². The van der Waals surface area contributed by atoms with Crippen LogP contribution in [0.5, 0.6) is 0 Å². The van der Waals surface area contributed by atoms with E-state index in [1.807, 2.05) is 25.2 Å². The highest BCUT2D eigenvalue weighted by Crippen LogP contribution is 2.22. The lowest BCUT2D eigenvalue weighted by molar-refractivity contribution is 0.702. The molecule has 1 rings (SSSR count). The second kappa shape index (κ2) is 5.91. The quantitative estimate of drug-likeness (QED) is 0.744. The zero-order chi connectivity index (χ0) is 9.56. The molecule has 66 valence electrons. The lowest BCUT2D eigenvalue weighted by atomic mass is 10.3.